The molecule has 0 spiro atoms. The van der Waals surface area contributed by atoms with E-state index in [1.807, 2.05) is 22.6 Å². The quantitative estimate of drug-likeness (QED) is 0.343. The summed E-state index contributed by atoms with van der Waals surface area (Å²) in [5.41, 5.74) is 0. The van der Waals surface area contributed by atoms with Crippen LogP contribution in [0, 0.1) is 0 Å². The second-order valence-corrected chi connectivity index (χ2v) is 2.38. The molecule has 5 heavy (non-hydrogen) atoms. The molecular weight excluding hydrogens is 191 g/mol. The molecule has 0 fully saturated rings. The molecule has 0 radical (unpaired) electrons. The van der Waals surface area contributed by atoms with E-state index in [1.54, 1.807) is 6.92 Å². The minimum Gasteiger partial charge on any atom is -1.00 e. The number of aliphatic hydroxyl groups is 1. The zero-order valence-electron chi connectivity index (χ0n) is 5.11. The summed E-state index contributed by atoms with van der Waals surface area (Å²) >= 11 is 1.90. The van der Waals surface area contributed by atoms with Crippen molar-refractivity contribution >= 4 is 45.6 Å². The van der Waals surface area contributed by atoms with Crippen LogP contribution in [0.15, 0.2) is 0 Å². The number of rotatable bonds is 0. The summed E-state index contributed by atoms with van der Waals surface area (Å²) in [5, 5.41) is 8.04. The molecule has 1 N–H and O–H groups in total. The molecule has 0 saturated heterocycles. The number of hydrogen-bond acceptors (Lipinski definition) is 1. The van der Waals surface area contributed by atoms with E-state index in [0.29, 0.717) is 0 Å². The van der Waals surface area contributed by atoms with Crippen LogP contribution in [0.5, 0.6) is 0 Å². The van der Waals surface area contributed by atoms with Gasteiger partial charge in [0.1, 0.15) is 4.11 Å². The minimum absolute atomic E-state index is 0. The van der Waals surface area contributed by atoms with E-state index >= 15 is 0 Å². The Kier molecular flexibility index (Phi) is 10.6. The van der Waals surface area contributed by atoms with E-state index < -0.39 is 0 Å². The van der Waals surface area contributed by atoms with Gasteiger partial charge in [-0.05, 0) is 6.92 Å². The molecule has 0 heterocycles. The van der Waals surface area contributed by atoms with Crippen molar-refractivity contribution in [3.8, 4) is 0 Å². The Hall–Kier alpha value is 1.46. The van der Waals surface area contributed by atoms with Gasteiger partial charge in [-0.15, -0.1) is 0 Å². The average molecular weight is 198 g/mol. The average Bonchev–Trinajstić information content (AvgIpc) is 0.811. The molecule has 0 aromatic rings. The fraction of sp³-hybridized carbons (Fsp3) is 1.00. The van der Waals surface area contributed by atoms with Crippen molar-refractivity contribution in [1.29, 1.82) is 0 Å². The van der Waals surface area contributed by atoms with Crippen molar-refractivity contribution in [3.63, 3.8) is 0 Å². The normalized spacial score (nSPS) is 12.6. The first-order valence-corrected chi connectivity index (χ1v) is 2.30. The zero-order valence-corrected chi connectivity index (χ0v) is 6.68. The van der Waals surface area contributed by atoms with Gasteiger partial charge in [0.25, 0.3) is 0 Å². The number of halogens is 1. The summed E-state index contributed by atoms with van der Waals surface area (Å²) < 4.78 is -0.197. The molecule has 0 amide bonds. The van der Waals surface area contributed by atoms with E-state index in [1.165, 1.54) is 0 Å². The van der Waals surface area contributed by atoms with Gasteiger partial charge in [-0.25, -0.2) is 0 Å². The molecular formula is C2H7IMgO. The molecule has 0 aromatic carbocycles. The van der Waals surface area contributed by atoms with Gasteiger partial charge < -0.3 is 7.96 Å². The summed E-state index contributed by atoms with van der Waals surface area (Å²) in [7, 11) is 0. The van der Waals surface area contributed by atoms with E-state index in [-0.39, 0.29) is 30.0 Å². The predicted octanol–water partition coefficient (Wildman–Crippen LogP) is 0.604. The van der Waals surface area contributed by atoms with Crippen LogP contribution in [0.1, 0.15) is 9.78 Å². The molecule has 1 nitrogen and oxygen atoms in total. The van der Waals surface area contributed by atoms with Crippen LogP contribution >= 0.6 is 22.6 Å². The summed E-state index contributed by atoms with van der Waals surface area (Å²) in [6.07, 6.45) is 0. The Morgan fingerprint density at radius 2 is 2.00 bits per heavy atom. The van der Waals surface area contributed by atoms with Gasteiger partial charge in [0, 0.05) is 0 Å². The van der Waals surface area contributed by atoms with Crippen molar-refractivity contribution in [2.24, 2.45) is 0 Å². The van der Waals surface area contributed by atoms with Gasteiger partial charge in [-0.2, -0.15) is 0 Å². The third-order valence-electron chi connectivity index (χ3n) is 0. The van der Waals surface area contributed by atoms with E-state index in [0.717, 1.165) is 0 Å². The van der Waals surface area contributed by atoms with Crippen LogP contribution in [0.25, 0.3) is 0 Å². The maximum absolute atomic E-state index is 8.04. The first kappa shape index (κ1) is 9.68. The van der Waals surface area contributed by atoms with E-state index in [2.05, 4.69) is 0 Å². The Balaban J connectivity index is -0.0000000150. The standard InChI is InChI=1S/C2H5IO.Mg.2H/c1-2(3)4;;;/h2,4H,1H3;;;/q;+2;2*-1. The summed E-state index contributed by atoms with van der Waals surface area (Å²) in [6, 6.07) is 0. The van der Waals surface area contributed by atoms with Crippen LogP contribution in [0.3, 0.4) is 0 Å². The number of alkyl halides is 1. The van der Waals surface area contributed by atoms with Crippen LogP contribution < -0.4 is 0 Å². The molecule has 3 heteroatoms. The summed E-state index contributed by atoms with van der Waals surface area (Å²) in [4.78, 5) is 0. The predicted molar refractivity (Wildman–Crippen MR) is 33.7 cm³/mol. The van der Waals surface area contributed by atoms with Crippen molar-refractivity contribution in [2.45, 2.75) is 11.0 Å². The molecule has 0 saturated carbocycles. The Morgan fingerprint density at radius 1 is 2.00 bits per heavy atom. The number of hydrogen-bond donors (Lipinski definition) is 1. The summed E-state index contributed by atoms with van der Waals surface area (Å²) in [5.74, 6) is 0. The van der Waals surface area contributed by atoms with Gasteiger partial charge in [0.05, 0.1) is 0 Å². The van der Waals surface area contributed by atoms with Gasteiger partial charge in [0.15, 0.2) is 0 Å². The van der Waals surface area contributed by atoms with Crippen LogP contribution in [-0.4, -0.2) is 32.3 Å². The van der Waals surface area contributed by atoms with Crippen molar-refractivity contribution in [2.75, 3.05) is 0 Å². The molecule has 0 aromatic heterocycles. The third kappa shape index (κ3) is 30.7. The molecule has 0 bridgehead atoms. The largest absolute Gasteiger partial charge is 2.00 e. The van der Waals surface area contributed by atoms with E-state index in [9.17, 15) is 0 Å². The fourth-order valence-corrected chi connectivity index (χ4v) is 0. The van der Waals surface area contributed by atoms with Gasteiger partial charge in [-0.3, -0.25) is 0 Å². The van der Waals surface area contributed by atoms with Gasteiger partial charge >= 0.3 is 23.1 Å². The third-order valence-corrected chi connectivity index (χ3v) is 0. The Morgan fingerprint density at radius 3 is 2.00 bits per heavy atom. The molecule has 30 valence electrons. The van der Waals surface area contributed by atoms with Crippen LogP contribution in [0.4, 0.5) is 0 Å². The molecule has 0 aliphatic heterocycles. The fourth-order valence-electron chi connectivity index (χ4n) is 0. The second-order valence-electron chi connectivity index (χ2n) is 0.574. The topological polar surface area (TPSA) is 20.2 Å². The van der Waals surface area contributed by atoms with Gasteiger partial charge in [0.2, 0.25) is 0 Å². The zero-order chi connectivity index (χ0) is 3.58. The van der Waals surface area contributed by atoms with E-state index in [4.69, 9.17) is 5.11 Å². The van der Waals surface area contributed by atoms with Gasteiger partial charge in [-0.1, -0.05) is 22.6 Å². The maximum atomic E-state index is 8.04. The first-order valence-electron chi connectivity index (χ1n) is 1.05. The smallest absolute Gasteiger partial charge is 1.00 e. The van der Waals surface area contributed by atoms with Crippen molar-refractivity contribution in [3.05, 3.63) is 0 Å². The van der Waals surface area contributed by atoms with Crippen molar-refractivity contribution < 1.29 is 7.96 Å². The van der Waals surface area contributed by atoms with Crippen molar-refractivity contribution in [1.82, 2.24) is 0 Å². The molecule has 1 unspecified atom stereocenters. The maximum Gasteiger partial charge on any atom is 2.00 e. The SMILES string of the molecule is CC(O)I.[H-].[H-].[Mg+2]. The molecule has 1 atom stereocenters. The molecule has 0 aliphatic carbocycles. The molecule has 0 aliphatic rings. The Labute approximate surface area is 64.4 Å². The monoisotopic (exact) mass is 198 g/mol. The first-order chi connectivity index (χ1) is 1.73. The molecule has 0 rings (SSSR count). The number of aliphatic hydroxyl groups excluding tert-OH is 1. The summed E-state index contributed by atoms with van der Waals surface area (Å²) in [6.45, 7) is 1.71. The Bertz CT molecular complexity index is 20.4. The second kappa shape index (κ2) is 5.46. The van der Waals surface area contributed by atoms with Crippen LogP contribution in [0.2, 0.25) is 0 Å². The minimum atomic E-state index is -0.197. The van der Waals surface area contributed by atoms with Crippen LogP contribution in [-0.2, 0) is 0 Å².